The number of aromatic nitrogens is 2. The predicted molar refractivity (Wildman–Crippen MR) is 140 cm³/mol. The van der Waals surface area contributed by atoms with Crippen molar-refractivity contribution in [2.24, 2.45) is 5.10 Å². The van der Waals surface area contributed by atoms with Crippen LogP contribution in [-0.4, -0.2) is 34.6 Å². The van der Waals surface area contributed by atoms with E-state index in [4.69, 9.17) is 9.47 Å². The molecule has 4 aromatic rings. The van der Waals surface area contributed by atoms with Gasteiger partial charge in [-0.25, -0.2) is 9.78 Å². The summed E-state index contributed by atoms with van der Waals surface area (Å²) >= 11 is 3.36. The molecule has 0 spiro atoms. The number of alkyl halides is 3. The van der Waals surface area contributed by atoms with Crippen LogP contribution in [0, 0.1) is 0 Å². The van der Waals surface area contributed by atoms with Gasteiger partial charge in [-0.1, -0.05) is 40.2 Å². The summed E-state index contributed by atoms with van der Waals surface area (Å²) in [6, 6.07) is 15.9. The zero-order valence-electron chi connectivity index (χ0n) is 20.2. The minimum absolute atomic E-state index is 0.0574. The molecule has 0 fully saturated rings. The topological polar surface area (TPSA) is 82.8 Å². The number of halogens is 4. The fourth-order valence-corrected chi connectivity index (χ4v) is 3.94. The zero-order valence-corrected chi connectivity index (χ0v) is 21.8. The second kappa shape index (κ2) is 11.2. The van der Waals surface area contributed by atoms with E-state index in [1.807, 2.05) is 0 Å². The number of benzene rings is 3. The van der Waals surface area contributed by atoms with Crippen LogP contribution in [-0.2, 0) is 15.7 Å². The quantitative estimate of drug-likeness (QED) is 0.194. The van der Waals surface area contributed by atoms with Crippen LogP contribution in [0.15, 0.2) is 81.1 Å². The highest BCUT2D eigenvalue weighted by Gasteiger charge is 2.31. The van der Waals surface area contributed by atoms with E-state index in [2.05, 4.69) is 26.0 Å². The van der Waals surface area contributed by atoms with Crippen LogP contribution in [0.3, 0.4) is 0 Å². The molecule has 0 aliphatic rings. The minimum Gasteiger partial charge on any atom is -0.481 e. The van der Waals surface area contributed by atoms with E-state index in [1.54, 1.807) is 56.3 Å². The second-order valence-electron chi connectivity index (χ2n) is 8.40. The summed E-state index contributed by atoms with van der Waals surface area (Å²) in [6.45, 7) is 3.08. The van der Waals surface area contributed by atoms with E-state index >= 15 is 0 Å². The van der Waals surface area contributed by atoms with Crippen molar-refractivity contribution < 1.29 is 27.4 Å². The molecule has 11 heteroatoms. The van der Waals surface area contributed by atoms with E-state index in [0.29, 0.717) is 15.6 Å². The minimum atomic E-state index is -4.58. The maximum Gasteiger partial charge on any atom is 0.416 e. The van der Waals surface area contributed by atoms with Gasteiger partial charge < -0.3 is 9.47 Å². The Kier molecular flexibility index (Phi) is 7.96. The number of nitrogens with zero attached hydrogens (tertiary/aromatic N) is 3. The molecule has 0 saturated carbocycles. The number of carbonyl (C=O) groups excluding carboxylic acids is 1. The van der Waals surface area contributed by atoms with Crippen LogP contribution in [0.25, 0.3) is 22.3 Å². The van der Waals surface area contributed by atoms with Gasteiger partial charge in [-0.3, -0.25) is 4.79 Å². The molecule has 0 N–H and O–H groups in total. The second-order valence-corrected chi connectivity index (χ2v) is 9.32. The Hall–Kier alpha value is -3.99. The average Bonchev–Trinajstić information content (AvgIpc) is 2.86. The molecular formula is C27H21BrF3N3O4. The zero-order chi connectivity index (χ0) is 27.4. The number of rotatable bonds is 7. The maximum absolute atomic E-state index is 13.4. The van der Waals surface area contributed by atoms with E-state index in [9.17, 15) is 22.8 Å². The fourth-order valence-electron chi connectivity index (χ4n) is 3.56. The number of fused-ring (bicyclic) bond motifs is 1. The van der Waals surface area contributed by atoms with Gasteiger partial charge in [0.2, 0.25) is 0 Å². The Balaban J connectivity index is 1.81. The van der Waals surface area contributed by atoms with Crippen LogP contribution in [0.4, 0.5) is 13.2 Å². The van der Waals surface area contributed by atoms with Crippen molar-refractivity contribution in [3.63, 3.8) is 0 Å². The Bertz CT molecular complexity index is 1580. The van der Waals surface area contributed by atoms with Crippen LogP contribution in [0.5, 0.6) is 5.75 Å². The molecule has 3 aromatic carbocycles. The van der Waals surface area contributed by atoms with Crippen LogP contribution in [0.2, 0.25) is 0 Å². The third kappa shape index (κ3) is 6.28. The smallest absolute Gasteiger partial charge is 0.416 e. The van der Waals surface area contributed by atoms with Gasteiger partial charge in [0.05, 0.1) is 28.8 Å². The highest BCUT2D eigenvalue weighted by Crippen LogP contribution is 2.32. The first-order chi connectivity index (χ1) is 18.0. The predicted octanol–water partition coefficient (Wildman–Crippen LogP) is 6.06. The number of carbonyl (C=O) groups is 1. The van der Waals surface area contributed by atoms with Crippen LogP contribution in [0.1, 0.15) is 25.0 Å². The average molecular weight is 588 g/mol. The van der Waals surface area contributed by atoms with Gasteiger partial charge in [0.15, 0.2) is 12.4 Å². The fraction of sp³-hybridized carbons (Fsp3) is 0.185. The van der Waals surface area contributed by atoms with E-state index in [-0.39, 0.29) is 35.2 Å². The molecule has 0 amide bonds. The molecule has 38 heavy (non-hydrogen) atoms. The third-order valence-electron chi connectivity index (χ3n) is 5.20. The monoisotopic (exact) mass is 587 g/mol. The van der Waals surface area contributed by atoms with Crippen molar-refractivity contribution in [1.82, 2.24) is 9.66 Å². The van der Waals surface area contributed by atoms with Crippen molar-refractivity contribution in [3.8, 4) is 17.1 Å². The van der Waals surface area contributed by atoms with Crippen molar-refractivity contribution in [3.05, 3.63) is 92.7 Å². The SMILES string of the molecule is CC(C)OC(=O)COc1ccc(Br)cc1C=Nn1c(-c2cccc(C(F)(F)F)c2)nc2ccccc2c1=O. The van der Waals surface area contributed by atoms with E-state index < -0.39 is 23.3 Å². The van der Waals surface area contributed by atoms with Gasteiger partial charge in [-0.05, 0) is 56.3 Å². The van der Waals surface area contributed by atoms with E-state index in [1.165, 1.54) is 18.3 Å². The van der Waals surface area contributed by atoms with Crippen molar-refractivity contribution in [2.75, 3.05) is 6.61 Å². The van der Waals surface area contributed by atoms with Crippen molar-refractivity contribution in [2.45, 2.75) is 26.1 Å². The van der Waals surface area contributed by atoms with Crippen LogP contribution < -0.4 is 10.3 Å². The maximum atomic E-state index is 13.4. The first-order valence-corrected chi connectivity index (χ1v) is 12.2. The number of para-hydroxylation sites is 1. The van der Waals surface area contributed by atoms with E-state index in [0.717, 1.165) is 16.8 Å². The van der Waals surface area contributed by atoms with Gasteiger partial charge >= 0.3 is 12.1 Å². The normalized spacial score (nSPS) is 11.9. The molecule has 0 radical (unpaired) electrons. The Morgan fingerprint density at radius 2 is 1.87 bits per heavy atom. The molecular weight excluding hydrogens is 567 g/mol. The van der Waals surface area contributed by atoms with Gasteiger partial charge in [0.25, 0.3) is 5.56 Å². The standard InChI is InChI=1S/C27H21BrF3N3O4/c1-16(2)38-24(35)15-37-23-11-10-20(28)13-18(23)14-32-34-25(17-6-5-7-19(12-17)27(29,30)31)33-22-9-4-3-8-21(22)26(34)36/h3-14,16H,15H2,1-2H3. The molecule has 1 heterocycles. The molecule has 0 unspecified atom stereocenters. The number of hydrogen-bond donors (Lipinski definition) is 0. The lowest BCUT2D eigenvalue weighted by atomic mass is 10.1. The van der Waals surface area contributed by atoms with Crippen molar-refractivity contribution >= 4 is 39.0 Å². The summed E-state index contributed by atoms with van der Waals surface area (Å²) in [5.74, 6) is -0.360. The summed E-state index contributed by atoms with van der Waals surface area (Å²) < 4.78 is 52.5. The van der Waals surface area contributed by atoms with Crippen LogP contribution >= 0.6 is 15.9 Å². The molecule has 1 aromatic heterocycles. The lowest BCUT2D eigenvalue weighted by Gasteiger charge is -2.13. The largest absolute Gasteiger partial charge is 0.481 e. The van der Waals surface area contributed by atoms with Gasteiger partial charge in [-0.15, -0.1) is 0 Å². The summed E-state index contributed by atoms with van der Waals surface area (Å²) in [5, 5.41) is 4.53. The Morgan fingerprint density at radius 3 is 2.61 bits per heavy atom. The Morgan fingerprint density at radius 1 is 1.11 bits per heavy atom. The summed E-state index contributed by atoms with van der Waals surface area (Å²) in [4.78, 5) is 29.8. The number of esters is 1. The molecule has 196 valence electrons. The Labute approximate surface area is 223 Å². The summed E-state index contributed by atoms with van der Waals surface area (Å²) in [6.07, 6.45) is -3.58. The first-order valence-electron chi connectivity index (χ1n) is 11.4. The molecule has 0 aliphatic carbocycles. The molecule has 0 saturated heterocycles. The first kappa shape index (κ1) is 27.1. The van der Waals surface area contributed by atoms with Crippen molar-refractivity contribution in [1.29, 1.82) is 0 Å². The lowest BCUT2D eigenvalue weighted by Crippen LogP contribution is -2.21. The highest BCUT2D eigenvalue weighted by atomic mass is 79.9. The molecule has 4 rings (SSSR count). The summed E-state index contributed by atoms with van der Waals surface area (Å²) in [7, 11) is 0. The summed E-state index contributed by atoms with van der Waals surface area (Å²) in [5.41, 5.74) is -0.693. The van der Waals surface area contributed by atoms with Gasteiger partial charge in [0.1, 0.15) is 5.75 Å². The molecule has 0 atom stereocenters. The molecule has 7 nitrogen and oxygen atoms in total. The number of hydrogen-bond acceptors (Lipinski definition) is 6. The van der Waals surface area contributed by atoms with Gasteiger partial charge in [-0.2, -0.15) is 22.9 Å². The third-order valence-corrected chi connectivity index (χ3v) is 5.69. The molecule has 0 bridgehead atoms. The molecule has 0 aliphatic heterocycles. The number of ether oxygens (including phenoxy) is 2. The highest BCUT2D eigenvalue weighted by molar-refractivity contribution is 9.10. The van der Waals surface area contributed by atoms with Gasteiger partial charge in [0, 0.05) is 15.6 Å². The lowest BCUT2D eigenvalue weighted by molar-refractivity contribution is -0.149.